The fourth-order valence-corrected chi connectivity index (χ4v) is 2.32. The van der Waals surface area contributed by atoms with E-state index in [4.69, 9.17) is 4.74 Å². The van der Waals surface area contributed by atoms with Crippen molar-refractivity contribution in [1.29, 1.82) is 0 Å². The second-order valence-electron chi connectivity index (χ2n) is 4.92. The Morgan fingerprint density at radius 3 is 2.72 bits per heavy atom. The molecular weight excluding hydrogens is 290 g/mol. The molecule has 0 aliphatic heterocycles. The topological polar surface area (TPSA) is 21.3 Å². The smallest absolute Gasteiger partial charge is 0.0509 e. The summed E-state index contributed by atoms with van der Waals surface area (Å²) >= 11 is 3.52. The van der Waals surface area contributed by atoms with Crippen LogP contribution in [0, 0.1) is 5.92 Å². The Hall–Kier alpha value is -0.380. The molecule has 0 radical (unpaired) electrons. The van der Waals surface area contributed by atoms with E-state index in [1.165, 1.54) is 5.56 Å². The molecule has 1 aromatic carbocycles. The van der Waals surface area contributed by atoms with Crippen molar-refractivity contribution in [2.45, 2.75) is 33.2 Å². The van der Waals surface area contributed by atoms with Gasteiger partial charge in [-0.1, -0.05) is 41.9 Å². The Morgan fingerprint density at radius 2 is 2.11 bits per heavy atom. The molecule has 1 atom stereocenters. The first kappa shape index (κ1) is 15.7. The van der Waals surface area contributed by atoms with Gasteiger partial charge in [-0.3, -0.25) is 0 Å². The first-order valence-corrected chi connectivity index (χ1v) is 7.46. The molecular formula is C15H24BrNO. The van der Waals surface area contributed by atoms with Crippen molar-refractivity contribution in [2.24, 2.45) is 5.92 Å². The van der Waals surface area contributed by atoms with Gasteiger partial charge in [-0.25, -0.2) is 0 Å². The Kier molecular flexibility index (Phi) is 7.56. The van der Waals surface area contributed by atoms with Gasteiger partial charge >= 0.3 is 0 Å². The highest BCUT2D eigenvalue weighted by atomic mass is 79.9. The maximum atomic E-state index is 5.58. The Labute approximate surface area is 119 Å². The number of hydrogen-bond acceptors (Lipinski definition) is 2. The van der Waals surface area contributed by atoms with E-state index >= 15 is 0 Å². The van der Waals surface area contributed by atoms with Crippen LogP contribution >= 0.6 is 15.9 Å². The van der Waals surface area contributed by atoms with Gasteiger partial charge in [0.1, 0.15) is 0 Å². The molecule has 0 bridgehead atoms. The van der Waals surface area contributed by atoms with E-state index in [9.17, 15) is 0 Å². The van der Waals surface area contributed by atoms with Crippen LogP contribution < -0.4 is 5.32 Å². The van der Waals surface area contributed by atoms with Gasteiger partial charge < -0.3 is 10.1 Å². The number of hydrogen-bond donors (Lipinski definition) is 1. The molecule has 1 N–H and O–H groups in total. The zero-order chi connectivity index (χ0) is 13.4. The quantitative estimate of drug-likeness (QED) is 0.791. The summed E-state index contributed by atoms with van der Waals surface area (Å²) in [6.45, 7) is 9.02. The standard InChI is InChI=1S/C15H24BrNO/c1-4-18-11-14(10-17-12(2)3)8-13-6-5-7-15(16)9-13/h5-7,9,12,14,17H,4,8,10-11H2,1-3H3. The van der Waals surface area contributed by atoms with Crippen molar-refractivity contribution < 1.29 is 4.74 Å². The van der Waals surface area contributed by atoms with Gasteiger partial charge in [0, 0.05) is 23.7 Å². The maximum absolute atomic E-state index is 5.58. The third-order valence-corrected chi connectivity index (χ3v) is 3.28. The minimum Gasteiger partial charge on any atom is -0.381 e. The number of nitrogens with one attached hydrogen (secondary N) is 1. The predicted octanol–water partition coefficient (Wildman–Crippen LogP) is 3.64. The van der Waals surface area contributed by atoms with Gasteiger partial charge in [0.25, 0.3) is 0 Å². The molecule has 0 aliphatic carbocycles. The Balaban J connectivity index is 2.53. The lowest BCUT2D eigenvalue weighted by atomic mass is 10.00. The fourth-order valence-electron chi connectivity index (χ4n) is 1.87. The number of rotatable bonds is 8. The van der Waals surface area contributed by atoms with E-state index < -0.39 is 0 Å². The molecule has 0 saturated carbocycles. The Morgan fingerprint density at radius 1 is 1.33 bits per heavy atom. The van der Waals surface area contributed by atoms with Crippen LogP contribution in [-0.4, -0.2) is 25.8 Å². The molecule has 1 aromatic rings. The van der Waals surface area contributed by atoms with Crippen LogP contribution in [0.1, 0.15) is 26.3 Å². The third-order valence-electron chi connectivity index (χ3n) is 2.79. The molecule has 3 heteroatoms. The number of halogens is 1. The van der Waals surface area contributed by atoms with Crippen molar-refractivity contribution >= 4 is 15.9 Å². The number of benzene rings is 1. The highest BCUT2D eigenvalue weighted by Gasteiger charge is 2.10. The molecule has 0 amide bonds. The second-order valence-corrected chi connectivity index (χ2v) is 5.84. The van der Waals surface area contributed by atoms with Crippen molar-refractivity contribution in [3.05, 3.63) is 34.3 Å². The van der Waals surface area contributed by atoms with Gasteiger partial charge in [0.2, 0.25) is 0 Å². The second kappa shape index (κ2) is 8.68. The molecule has 18 heavy (non-hydrogen) atoms. The molecule has 0 fully saturated rings. The lowest BCUT2D eigenvalue weighted by molar-refractivity contribution is 0.109. The third kappa shape index (κ3) is 6.53. The molecule has 0 aliphatic rings. The van der Waals surface area contributed by atoms with Crippen molar-refractivity contribution in [3.8, 4) is 0 Å². The highest BCUT2D eigenvalue weighted by molar-refractivity contribution is 9.10. The van der Waals surface area contributed by atoms with Crippen LogP contribution in [0.15, 0.2) is 28.7 Å². The molecule has 1 unspecified atom stereocenters. The highest BCUT2D eigenvalue weighted by Crippen LogP contribution is 2.15. The summed E-state index contributed by atoms with van der Waals surface area (Å²) in [4.78, 5) is 0. The van der Waals surface area contributed by atoms with Crippen LogP contribution in [0.25, 0.3) is 0 Å². The van der Waals surface area contributed by atoms with Crippen LogP contribution in [-0.2, 0) is 11.2 Å². The molecule has 2 nitrogen and oxygen atoms in total. The van der Waals surface area contributed by atoms with Gasteiger partial charge in [0.15, 0.2) is 0 Å². The monoisotopic (exact) mass is 313 g/mol. The lowest BCUT2D eigenvalue weighted by Gasteiger charge is -2.19. The van der Waals surface area contributed by atoms with Crippen molar-refractivity contribution in [2.75, 3.05) is 19.8 Å². The lowest BCUT2D eigenvalue weighted by Crippen LogP contribution is -2.32. The van der Waals surface area contributed by atoms with E-state index in [0.717, 1.165) is 30.7 Å². The SMILES string of the molecule is CCOCC(CNC(C)C)Cc1cccc(Br)c1. The Bertz CT molecular complexity index is 341. The van der Waals surface area contributed by atoms with E-state index in [2.05, 4.69) is 59.4 Å². The van der Waals surface area contributed by atoms with Crippen LogP contribution in [0.3, 0.4) is 0 Å². The average molecular weight is 314 g/mol. The molecule has 0 aromatic heterocycles. The largest absolute Gasteiger partial charge is 0.381 e. The first-order valence-electron chi connectivity index (χ1n) is 6.67. The van der Waals surface area contributed by atoms with Crippen LogP contribution in [0.5, 0.6) is 0 Å². The zero-order valence-electron chi connectivity index (χ0n) is 11.6. The minimum absolute atomic E-state index is 0.525. The molecule has 0 heterocycles. The summed E-state index contributed by atoms with van der Waals surface area (Å²) < 4.78 is 6.72. The maximum Gasteiger partial charge on any atom is 0.0509 e. The molecule has 0 spiro atoms. The molecule has 1 rings (SSSR count). The predicted molar refractivity (Wildman–Crippen MR) is 81.0 cm³/mol. The summed E-state index contributed by atoms with van der Waals surface area (Å²) in [6, 6.07) is 9.05. The van der Waals surface area contributed by atoms with Crippen LogP contribution in [0.4, 0.5) is 0 Å². The van der Waals surface area contributed by atoms with E-state index in [1.807, 2.05) is 6.92 Å². The normalized spacial score (nSPS) is 12.9. The fraction of sp³-hybridized carbons (Fsp3) is 0.600. The molecule has 0 saturated heterocycles. The number of ether oxygens (including phenoxy) is 1. The minimum atomic E-state index is 0.525. The average Bonchev–Trinajstić information content (AvgIpc) is 2.32. The summed E-state index contributed by atoms with van der Waals surface area (Å²) in [5, 5.41) is 3.50. The summed E-state index contributed by atoms with van der Waals surface area (Å²) in [7, 11) is 0. The summed E-state index contributed by atoms with van der Waals surface area (Å²) in [5.41, 5.74) is 1.36. The van der Waals surface area contributed by atoms with Gasteiger partial charge in [0.05, 0.1) is 6.61 Å². The zero-order valence-corrected chi connectivity index (χ0v) is 13.2. The van der Waals surface area contributed by atoms with E-state index in [1.54, 1.807) is 0 Å². The van der Waals surface area contributed by atoms with Gasteiger partial charge in [-0.2, -0.15) is 0 Å². The molecule has 102 valence electrons. The van der Waals surface area contributed by atoms with Gasteiger partial charge in [-0.15, -0.1) is 0 Å². The van der Waals surface area contributed by atoms with E-state index in [0.29, 0.717) is 12.0 Å². The van der Waals surface area contributed by atoms with Crippen molar-refractivity contribution in [3.63, 3.8) is 0 Å². The van der Waals surface area contributed by atoms with Crippen molar-refractivity contribution in [1.82, 2.24) is 5.32 Å². The van der Waals surface area contributed by atoms with Crippen LogP contribution in [0.2, 0.25) is 0 Å². The summed E-state index contributed by atoms with van der Waals surface area (Å²) in [6.07, 6.45) is 1.05. The summed E-state index contributed by atoms with van der Waals surface area (Å²) in [5.74, 6) is 0.529. The van der Waals surface area contributed by atoms with Gasteiger partial charge in [-0.05, 0) is 37.0 Å². The van der Waals surface area contributed by atoms with E-state index in [-0.39, 0.29) is 0 Å². The first-order chi connectivity index (χ1) is 8.61.